The Kier molecular flexibility index (Phi) is 4.50. The summed E-state index contributed by atoms with van der Waals surface area (Å²) in [6, 6.07) is 15.6. The Morgan fingerprint density at radius 1 is 0.806 bits per heavy atom. The number of fused-ring (bicyclic) bond motifs is 4. The summed E-state index contributed by atoms with van der Waals surface area (Å²) in [6.07, 6.45) is 0. The van der Waals surface area contributed by atoms with Crippen molar-refractivity contribution < 1.29 is 33.4 Å². The SMILES string of the molecule is O=C1OC[C@H]2[C@H]1[C@@H](c1ccc3c(c1)OCO3)c1cc3c(cc1[C@H]2Nc1ccc([N+](=O)[O-])cc1)OCO3. The fraction of sp³-hybridized carbons (Fsp3) is 0.269. The van der Waals surface area contributed by atoms with Gasteiger partial charge in [-0.05, 0) is 53.1 Å². The quantitative estimate of drug-likeness (QED) is 0.328. The normalized spacial score (nSPS) is 24.6. The van der Waals surface area contributed by atoms with Crippen LogP contribution in [-0.4, -0.2) is 31.1 Å². The maximum absolute atomic E-state index is 13.2. The molecule has 4 atom stereocenters. The van der Waals surface area contributed by atoms with Crippen LogP contribution < -0.4 is 24.3 Å². The molecule has 1 fully saturated rings. The van der Waals surface area contributed by atoms with Gasteiger partial charge in [-0.15, -0.1) is 0 Å². The smallest absolute Gasteiger partial charge is 0.310 e. The van der Waals surface area contributed by atoms with E-state index in [-0.39, 0.29) is 49.7 Å². The molecule has 10 heteroatoms. The summed E-state index contributed by atoms with van der Waals surface area (Å²) < 4.78 is 28.1. The van der Waals surface area contributed by atoms with Crippen LogP contribution >= 0.6 is 0 Å². The zero-order chi connectivity index (χ0) is 24.4. The lowest BCUT2D eigenvalue weighted by Crippen LogP contribution is -2.37. The fourth-order valence-corrected chi connectivity index (χ4v) is 5.71. The van der Waals surface area contributed by atoms with E-state index in [1.54, 1.807) is 12.1 Å². The number of hydrogen-bond donors (Lipinski definition) is 1. The monoisotopic (exact) mass is 488 g/mol. The van der Waals surface area contributed by atoms with E-state index in [2.05, 4.69) is 5.32 Å². The van der Waals surface area contributed by atoms with Gasteiger partial charge in [-0.3, -0.25) is 14.9 Å². The molecule has 0 radical (unpaired) electrons. The van der Waals surface area contributed by atoms with Crippen LogP contribution in [0.15, 0.2) is 54.6 Å². The van der Waals surface area contributed by atoms with Crippen LogP contribution in [0, 0.1) is 22.0 Å². The number of nitro groups is 1. The van der Waals surface area contributed by atoms with Crippen molar-refractivity contribution in [1.29, 1.82) is 0 Å². The molecule has 4 aliphatic rings. The Morgan fingerprint density at radius 2 is 1.47 bits per heavy atom. The van der Waals surface area contributed by atoms with Crippen molar-refractivity contribution in [1.82, 2.24) is 0 Å². The topological polar surface area (TPSA) is 118 Å². The Morgan fingerprint density at radius 3 is 2.19 bits per heavy atom. The number of cyclic esters (lactones) is 1. The maximum Gasteiger partial charge on any atom is 0.310 e. The minimum absolute atomic E-state index is 0.00749. The second-order valence-electron chi connectivity index (χ2n) is 9.17. The molecule has 1 N–H and O–H groups in total. The number of esters is 1. The highest BCUT2D eigenvalue weighted by Gasteiger charge is 2.52. The van der Waals surface area contributed by atoms with Crippen molar-refractivity contribution in [3.05, 3.63) is 81.4 Å². The van der Waals surface area contributed by atoms with Crippen LogP contribution in [0.4, 0.5) is 11.4 Å². The zero-order valence-corrected chi connectivity index (χ0v) is 18.8. The van der Waals surface area contributed by atoms with Crippen LogP contribution in [0.25, 0.3) is 0 Å². The molecule has 0 unspecified atom stereocenters. The first-order chi connectivity index (χ1) is 17.6. The first kappa shape index (κ1) is 20.9. The Labute approximate surface area is 204 Å². The van der Waals surface area contributed by atoms with Gasteiger partial charge in [0.25, 0.3) is 5.69 Å². The lowest BCUT2D eigenvalue weighted by molar-refractivity contribution is -0.384. The van der Waals surface area contributed by atoms with E-state index in [9.17, 15) is 14.9 Å². The number of nitro benzene ring substituents is 1. The molecule has 3 aromatic rings. The van der Waals surface area contributed by atoms with Gasteiger partial charge >= 0.3 is 5.97 Å². The van der Waals surface area contributed by atoms with Gasteiger partial charge in [0.15, 0.2) is 23.0 Å². The van der Waals surface area contributed by atoms with Crippen molar-refractivity contribution in [3.63, 3.8) is 0 Å². The number of ether oxygens (including phenoxy) is 5. The van der Waals surface area contributed by atoms with Crippen molar-refractivity contribution in [2.75, 3.05) is 25.5 Å². The minimum atomic E-state index is -0.450. The number of nitrogens with zero attached hydrogens (tertiary/aromatic N) is 1. The number of carbonyl (C=O) groups excluding carboxylic acids is 1. The summed E-state index contributed by atoms with van der Waals surface area (Å²) in [6.45, 7) is 0.541. The average Bonchev–Trinajstić information content (AvgIpc) is 3.63. The number of hydrogen-bond acceptors (Lipinski definition) is 9. The Hall–Kier alpha value is -4.47. The van der Waals surface area contributed by atoms with Crippen molar-refractivity contribution in [2.24, 2.45) is 11.8 Å². The molecule has 10 nitrogen and oxygen atoms in total. The molecule has 3 aromatic carbocycles. The molecule has 3 heterocycles. The highest BCUT2D eigenvalue weighted by Crippen LogP contribution is 2.55. The second-order valence-corrected chi connectivity index (χ2v) is 9.17. The van der Waals surface area contributed by atoms with Crippen LogP contribution in [-0.2, 0) is 9.53 Å². The van der Waals surface area contributed by atoms with E-state index in [4.69, 9.17) is 23.7 Å². The first-order valence-electron chi connectivity index (χ1n) is 11.6. The maximum atomic E-state index is 13.2. The van der Waals surface area contributed by atoms with E-state index in [1.165, 1.54) is 12.1 Å². The summed E-state index contributed by atoms with van der Waals surface area (Å²) in [4.78, 5) is 23.8. The average molecular weight is 488 g/mol. The number of anilines is 1. The van der Waals surface area contributed by atoms with Gasteiger partial charge in [0, 0.05) is 29.7 Å². The molecule has 7 rings (SSSR count). The third-order valence-electron chi connectivity index (χ3n) is 7.34. The molecular weight excluding hydrogens is 468 g/mol. The molecule has 1 saturated heterocycles. The highest BCUT2D eigenvalue weighted by molar-refractivity contribution is 5.79. The summed E-state index contributed by atoms with van der Waals surface area (Å²) in [5.74, 6) is 1.38. The van der Waals surface area contributed by atoms with Crippen molar-refractivity contribution in [2.45, 2.75) is 12.0 Å². The fourth-order valence-electron chi connectivity index (χ4n) is 5.71. The summed E-state index contributed by atoms with van der Waals surface area (Å²) >= 11 is 0. The number of carbonyl (C=O) groups is 1. The summed E-state index contributed by atoms with van der Waals surface area (Å²) in [5.41, 5.74) is 3.52. The predicted molar refractivity (Wildman–Crippen MR) is 124 cm³/mol. The van der Waals surface area contributed by atoms with Crippen molar-refractivity contribution >= 4 is 17.3 Å². The number of rotatable bonds is 4. The highest BCUT2D eigenvalue weighted by atomic mass is 16.7. The predicted octanol–water partition coefficient (Wildman–Crippen LogP) is 4.14. The van der Waals surface area contributed by atoms with Gasteiger partial charge in [0.2, 0.25) is 13.6 Å². The number of benzene rings is 3. The first-order valence-corrected chi connectivity index (χ1v) is 11.6. The largest absolute Gasteiger partial charge is 0.465 e. The third-order valence-corrected chi connectivity index (χ3v) is 7.34. The Balaban J connectivity index is 1.36. The zero-order valence-electron chi connectivity index (χ0n) is 18.8. The van der Waals surface area contributed by atoms with Gasteiger partial charge in [0.1, 0.15) is 0 Å². The molecule has 0 aromatic heterocycles. The van der Waals surface area contributed by atoms with E-state index in [0.717, 1.165) is 16.7 Å². The van der Waals surface area contributed by atoms with E-state index < -0.39 is 10.8 Å². The van der Waals surface area contributed by atoms with Gasteiger partial charge in [0.05, 0.1) is 23.5 Å². The molecule has 0 bridgehead atoms. The molecular formula is C26H20N2O8. The van der Waals surface area contributed by atoms with Crippen molar-refractivity contribution in [3.8, 4) is 23.0 Å². The van der Waals surface area contributed by atoms with E-state index in [0.29, 0.717) is 28.7 Å². The second kappa shape index (κ2) is 7.77. The van der Waals surface area contributed by atoms with Crippen LogP contribution in [0.5, 0.6) is 23.0 Å². The van der Waals surface area contributed by atoms with Crippen LogP contribution in [0.1, 0.15) is 28.7 Å². The lowest BCUT2D eigenvalue weighted by Gasteiger charge is -2.39. The minimum Gasteiger partial charge on any atom is -0.465 e. The Bertz CT molecular complexity index is 1410. The lowest BCUT2D eigenvalue weighted by atomic mass is 9.65. The standard InChI is InChI=1S/C26H20N2O8/c29-26-24-18(10-32-26)25(27-14-2-4-15(5-3-14)28(30)31)17-9-22-21(35-12-36-22)8-16(17)23(24)13-1-6-19-20(7-13)34-11-33-19/h1-9,18,23-25,27H,10-12H2/t18-,23-,24-,25+/m0/s1. The van der Waals surface area contributed by atoms with Crippen LogP contribution in [0.3, 0.4) is 0 Å². The van der Waals surface area contributed by atoms with Gasteiger partial charge in [-0.25, -0.2) is 0 Å². The molecule has 0 amide bonds. The molecule has 36 heavy (non-hydrogen) atoms. The molecule has 0 saturated carbocycles. The molecule has 1 aliphatic carbocycles. The van der Waals surface area contributed by atoms with Gasteiger partial charge < -0.3 is 29.0 Å². The molecule has 182 valence electrons. The van der Waals surface area contributed by atoms with Gasteiger partial charge in [-0.2, -0.15) is 0 Å². The van der Waals surface area contributed by atoms with Crippen LogP contribution in [0.2, 0.25) is 0 Å². The molecule has 3 aliphatic heterocycles. The number of non-ortho nitro benzene ring substituents is 1. The molecule has 0 spiro atoms. The summed E-state index contributed by atoms with van der Waals surface area (Å²) in [7, 11) is 0. The van der Waals surface area contributed by atoms with E-state index >= 15 is 0 Å². The third kappa shape index (κ3) is 3.14. The summed E-state index contributed by atoms with van der Waals surface area (Å²) in [5, 5.41) is 14.6. The number of nitrogens with one attached hydrogen (secondary N) is 1. The van der Waals surface area contributed by atoms with E-state index in [1.807, 2.05) is 30.3 Å². The van der Waals surface area contributed by atoms with Gasteiger partial charge in [-0.1, -0.05) is 6.07 Å².